The summed E-state index contributed by atoms with van der Waals surface area (Å²) in [5, 5.41) is 3.28. The normalized spacial score (nSPS) is 10.0. The van der Waals surface area contributed by atoms with Gasteiger partial charge in [0.15, 0.2) is 0 Å². The zero-order valence-corrected chi connectivity index (χ0v) is 12.4. The molecule has 0 aliphatic carbocycles. The van der Waals surface area contributed by atoms with E-state index < -0.39 is 0 Å². The topological polar surface area (TPSA) is 41.6 Å². The highest BCUT2D eigenvalue weighted by molar-refractivity contribution is 5.93. The summed E-state index contributed by atoms with van der Waals surface area (Å²) in [6.45, 7) is 1.33. The zero-order valence-electron chi connectivity index (χ0n) is 12.4. The van der Waals surface area contributed by atoms with Crippen LogP contribution < -0.4 is 10.1 Å². The van der Waals surface area contributed by atoms with Crippen LogP contribution >= 0.6 is 0 Å². The van der Waals surface area contributed by atoms with Crippen molar-refractivity contribution in [2.24, 2.45) is 0 Å². The molecule has 1 N–H and O–H groups in total. The maximum absolute atomic E-state index is 12.2. The zero-order chi connectivity index (χ0) is 15.1. The van der Waals surface area contributed by atoms with Crippen LogP contribution in [0.15, 0.2) is 54.6 Å². The number of amides is 1. The highest BCUT2D eigenvalue weighted by atomic mass is 16.5. The van der Waals surface area contributed by atoms with Gasteiger partial charge in [-0.2, -0.15) is 0 Å². The Morgan fingerprint density at radius 1 is 1.10 bits per heavy atom. The maximum atomic E-state index is 12.2. The van der Waals surface area contributed by atoms with Crippen LogP contribution in [0.3, 0.4) is 0 Å². The number of anilines is 1. The first kappa shape index (κ1) is 14.9. The van der Waals surface area contributed by atoms with Crippen LogP contribution in [0.5, 0.6) is 5.75 Å². The van der Waals surface area contributed by atoms with Gasteiger partial charge in [-0.1, -0.05) is 18.2 Å². The lowest BCUT2D eigenvalue weighted by atomic mass is 10.2. The van der Waals surface area contributed by atoms with E-state index in [1.54, 1.807) is 12.0 Å². The van der Waals surface area contributed by atoms with Crippen LogP contribution in [0.2, 0.25) is 0 Å². The Bertz CT molecular complexity index is 567. The molecular formula is C17H20N2O2. The summed E-state index contributed by atoms with van der Waals surface area (Å²) < 4.78 is 5.11. The lowest BCUT2D eigenvalue weighted by Gasteiger charge is -2.18. The van der Waals surface area contributed by atoms with Gasteiger partial charge in [0.1, 0.15) is 5.75 Å². The Balaban J connectivity index is 1.81. The summed E-state index contributed by atoms with van der Waals surface area (Å²) in [6.07, 6.45) is 0. The first-order valence-electron chi connectivity index (χ1n) is 6.89. The highest BCUT2D eigenvalue weighted by Gasteiger charge is 2.10. The van der Waals surface area contributed by atoms with E-state index in [0.717, 1.165) is 11.4 Å². The number of nitrogens with one attached hydrogen (secondary N) is 1. The smallest absolute Gasteiger partial charge is 0.253 e. The van der Waals surface area contributed by atoms with E-state index in [4.69, 9.17) is 4.74 Å². The molecule has 4 nitrogen and oxygen atoms in total. The van der Waals surface area contributed by atoms with Crippen molar-refractivity contribution in [1.82, 2.24) is 4.90 Å². The van der Waals surface area contributed by atoms with Gasteiger partial charge in [0.25, 0.3) is 5.91 Å². The van der Waals surface area contributed by atoms with E-state index in [2.05, 4.69) is 5.32 Å². The fourth-order valence-corrected chi connectivity index (χ4v) is 1.98. The van der Waals surface area contributed by atoms with Crippen molar-refractivity contribution in [2.45, 2.75) is 0 Å². The molecule has 0 atom stereocenters. The number of hydrogen-bond acceptors (Lipinski definition) is 3. The summed E-state index contributed by atoms with van der Waals surface area (Å²) >= 11 is 0. The predicted octanol–water partition coefficient (Wildman–Crippen LogP) is 2.88. The molecule has 2 aromatic rings. The van der Waals surface area contributed by atoms with Gasteiger partial charge in [0.05, 0.1) is 7.11 Å². The Labute approximate surface area is 125 Å². The minimum Gasteiger partial charge on any atom is -0.497 e. The van der Waals surface area contributed by atoms with Crippen molar-refractivity contribution in [3.05, 3.63) is 60.2 Å². The molecule has 0 saturated carbocycles. The van der Waals surface area contributed by atoms with Crippen molar-refractivity contribution in [1.29, 1.82) is 0 Å². The third kappa shape index (κ3) is 4.24. The van der Waals surface area contributed by atoms with Crippen molar-refractivity contribution < 1.29 is 9.53 Å². The number of carbonyl (C=O) groups is 1. The van der Waals surface area contributed by atoms with Crippen molar-refractivity contribution in [2.75, 3.05) is 32.6 Å². The molecule has 0 bridgehead atoms. The van der Waals surface area contributed by atoms with Crippen LogP contribution in [0, 0.1) is 0 Å². The molecule has 0 aromatic heterocycles. The van der Waals surface area contributed by atoms with Crippen LogP contribution in [-0.2, 0) is 0 Å². The molecule has 4 heteroatoms. The van der Waals surface area contributed by atoms with Gasteiger partial charge < -0.3 is 15.0 Å². The van der Waals surface area contributed by atoms with Gasteiger partial charge in [-0.05, 0) is 36.4 Å². The fourth-order valence-electron chi connectivity index (χ4n) is 1.98. The van der Waals surface area contributed by atoms with Crippen molar-refractivity contribution in [3.63, 3.8) is 0 Å². The van der Waals surface area contributed by atoms with Gasteiger partial charge in [-0.25, -0.2) is 0 Å². The van der Waals surface area contributed by atoms with E-state index in [0.29, 0.717) is 18.7 Å². The molecule has 0 heterocycles. The second kappa shape index (κ2) is 7.33. The quantitative estimate of drug-likeness (QED) is 0.887. The largest absolute Gasteiger partial charge is 0.497 e. The molecule has 0 saturated heterocycles. The summed E-state index contributed by atoms with van der Waals surface area (Å²) in [5.41, 5.74) is 1.72. The Hall–Kier alpha value is -2.49. The van der Waals surface area contributed by atoms with E-state index in [1.165, 1.54) is 0 Å². The minimum absolute atomic E-state index is 0.0344. The number of ether oxygens (including phenoxy) is 1. The van der Waals surface area contributed by atoms with Crippen LogP contribution in [0.1, 0.15) is 10.4 Å². The third-order valence-corrected chi connectivity index (χ3v) is 3.23. The number of carbonyl (C=O) groups excluding carboxylic acids is 1. The van der Waals surface area contributed by atoms with Gasteiger partial charge in [-0.3, -0.25) is 4.79 Å². The number of nitrogens with zero attached hydrogens (tertiary/aromatic N) is 1. The van der Waals surface area contributed by atoms with Crippen molar-refractivity contribution in [3.8, 4) is 5.75 Å². The first-order valence-corrected chi connectivity index (χ1v) is 6.89. The monoisotopic (exact) mass is 284 g/mol. The molecule has 0 fully saturated rings. The third-order valence-electron chi connectivity index (χ3n) is 3.23. The molecule has 2 rings (SSSR count). The maximum Gasteiger partial charge on any atom is 0.253 e. The van der Waals surface area contributed by atoms with E-state index in [9.17, 15) is 4.79 Å². The summed E-state index contributed by atoms with van der Waals surface area (Å²) in [6, 6.07) is 17.0. The average Bonchev–Trinajstić information content (AvgIpc) is 2.55. The second-order valence-corrected chi connectivity index (χ2v) is 4.75. The Morgan fingerprint density at radius 2 is 1.76 bits per heavy atom. The molecular weight excluding hydrogens is 264 g/mol. The lowest BCUT2D eigenvalue weighted by molar-refractivity contribution is 0.0800. The molecule has 0 radical (unpaired) electrons. The standard InChI is InChI=1S/C17H20N2O2/c1-19(17(20)14-6-4-3-5-7-14)13-12-18-15-8-10-16(21-2)11-9-15/h3-11,18H,12-13H2,1-2H3. The van der Waals surface area contributed by atoms with E-state index in [-0.39, 0.29) is 5.91 Å². The van der Waals surface area contributed by atoms with Crippen LogP contribution in [0.4, 0.5) is 5.69 Å². The molecule has 110 valence electrons. The molecule has 0 aliphatic rings. The predicted molar refractivity (Wildman–Crippen MR) is 84.9 cm³/mol. The molecule has 0 spiro atoms. The van der Waals surface area contributed by atoms with Crippen LogP contribution in [-0.4, -0.2) is 38.1 Å². The van der Waals surface area contributed by atoms with Crippen molar-refractivity contribution >= 4 is 11.6 Å². The van der Waals surface area contributed by atoms with Gasteiger partial charge in [0, 0.05) is 31.4 Å². The van der Waals surface area contributed by atoms with Crippen LogP contribution in [0.25, 0.3) is 0 Å². The molecule has 0 aliphatic heterocycles. The minimum atomic E-state index is 0.0344. The fraction of sp³-hybridized carbons (Fsp3) is 0.235. The SMILES string of the molecule is COc1ccc(NCCN(C)C(=O)c2ccccc2)cc1. The molecule has 1 amide bonds. The van der Waals surface area contributed by atoms with E-state index in [1.807, 2.05) is 61.6 Å². The number of rotatable bonds is 6. The highest BCUT2D eigenvalue weighted by Crippen LogP contribution is 2.14. The lowest BCUT2D eigenvalue weighted by Crippen LogP contribution is -2.31. The summed E-state index contributed by atoms with van der Waals surface area (Å²) in [5.74, 6) is 0.865. The van der Waals surface area contributed by atoms with Gasteiger partial charge in [0.2, 0.25) is 0 Å². The first-order chi connectivity index (χ1) is 10.2. The van der Waals surface area contributed by atoms with E-state index >= 15 is 0 Å². The Kier molecular flexibility index (Phi) is 5.21. The number of hydrogen-bond donors (Lipinski definition) is 1. The number of methoxy groups -OCH3 is 1. The second-order valence-electron chi connectivity index (χ2n) is 4.75. The molecule has 0 unspecified atom stereocenters. The number of likely N-dealkylation sites (N-methyl/N-ethyl adjacent to an activating group) is 1. The van der Waals surface area contributed by atoms with Gasteiger partial charge in [-0.15, -0.1) is 0 Å². The molecule has 21 heavy (non-hydrogen) atoms. The molecule has 2 aromatic carbocycles. The average molecular weight is 284 g/mol. The summed E-state index contributed by atoms with van der Waals surface area (Å²) in [7, 11) is 3.46. The summed E-state index contributed by atoms with van der Waals surface area (Å²) in [4.78, 5) is 13.9. The number of benzene rings is 2. The Morgan fingerprint density at radius 3 is 2.38 bits per heavy atom. The van der Waals surface area contributed by atoms with Gasteiger partial charge >= 0.3 is 0 Å².